The van der Waals surface area contributed by atoms with Gasteiger partial charge in [0.25, 0.3) is 0 Å². The maximum Gasteiger partial charge on any atom is 0.411 e. The molecule has 2 amide bonds. The normalized spacial score (nSPS) is 14.2. The fraction of sp³-hybridized carbons (Fsp3) is 0.256. The minimum absolute atomic E-state index is 0.0801. The van der Waals surface area contributed by atoms with Gasteiger partial charge in [0.05, 0.1) is 33.0 Å². The molecule has 6 rings (SSSR count). The molecular weight excluding hydrogens is 705 g/mol. The van der Waals surface area contributed by atoms with E-state index in [0.29, 0.717) is 61.3 Å². The topological polar surface area (TPSA) is 156 Å². The van der Waals surface area contributed by atoms with Gasteiger partial charge in [-0.05, 0) is 59.9 Å². The predicted octanol–water partition coefficient (Wildman–Crippen LogP) is 7.07. The number of hydrogen-bond donors (Lipinski definition) is 6. The Morgan fingerprint density at radius 1 is 0.923 bits per heavy atom. The quantitative estimate of drug-likeness (QED) is 0.0793. The number of para-hydroxylation sites is 1. The number of amides is 2. The smallest absolute Gasteiger partial charge is 0.411 e. The summed E-state index contributed by atoms with van der Waals surface area (Å²) in [7, 11) is 0. The number of rotatable bonds is 12. The highest BCUT2D eigenvalue weighted by atomic mass is 35.5. The Hall–Kier alpha value is -4.91. The first-order valence-electron chi connectivity index (χ1n) is 17.0. The van der Waals surface area contributed by atoms with Gasteiger partial charge in [-0.15, -0.1) is 0 Å². The number of nitrogens with zero attached hydrogens (tertiary/aromatic N) is 1. The molecule has 1 aliphatic rings. The molecule has 0 saturated carbocycles. The molecule has 0 bridgehead atoms. The number of phenolic OH excluding ortho intramolecular Hbond substituents is 1. The number of aliphatic hydroxyl groups excluding tert-OH is 1. The molecule has 0 radical (unpaired) electrons. The molecule has 1 saturated heterocycles. The average molecular weight is 745 g/mol. The van der Waals surface area contributed by atoms with Gasteiger partial charge in [0.15, 0.2) is 0 Å². The van der Waals surface area contributed by atoms with Crippen LogP contribution >= 0.6 is 23.2 Å². The fourth-order valence-electron chi connectivity index (χ4n) is 6.32. The van der Waals surface area contributed by atoms with Gasteiger partial charge in [-0.25, -0.2) is 4.79 Å². The number of carbonyl (C=O) groups excluding carboxylic acids is 2. The lowest BCUT2D eigenvalue weighted by atomic mass is 10.0. The lowest BCUT2D eigenvalue weighted by molar-refractivity contribution is -0.116. The van der Waals surface area contributed by atoms with E-state index in [2.05, 4.69) is 25.8 Å². The number of piperidine rings is 1. The standard InChI is InChI=1S/C39H39Cl2N5O6/c40-30-20-24(22-42-23-34(48)28-10-12-33(47)37-29(28)11-13-35(49)44-37)21-31(41)38(30)45-36(50)16-19-46-17-14-26(15-18-46)52-39(51)43-32-9-5-4-8-27(32)25-6-2-1-3-7-25/h1-13,20-21,26,34,42,47-48H,14-19,22-23H2,(H,43,51)(H,44,49)(H,45,50). The molecule has 0 spiro atoms. The number of nitrogens with one attached hydrogen (secondary N) is 4. The van der Waals surface area contributed by atoms with E-state index in [1.165, 1.54) is 12.1 Å². The summed E-state index contributed by atoms with van der Waals surface area (Å²) in [5.41, 5.74) is 4.14. The number of fused-ring (bicyclic) bond motifs is 1. The predicted molar refractivity (Wildman–Crippen MR) is 204 cm³/mol. The van der Waals surface area contributed by atoms with Crippen LogP contribution in [0.4, 0.5) is 16.2 Å². The Morgan fingerprint density at radius 2 is 1.63 bits per heavy atom. The Balaban J connectivity index is 0.927. The number of H-pyrrole nitrogens is 1. The number of ether oxygens (including phenoxy) is 1. The molecule has 6 N–H and O–H groups in total. The van der Waals surface area contributed by atoms with Gasteiger partial charge in [0.1, 0.15) is 11.9 Å². The molecule has 4 aromatic carbocycles. The highest BCUT2D eigenvalue weighted by Crippen LogP contribution is 2.33. The SMILES string of the molecule is O=C(CCN1CCC(OC(=O)Nc2ccccc2-c2ccccc2)CC1)Nc1c(Cl)cc(CNCC(O)c2ccc(O)c3[nH]c(=O)ccc23)cc1Cl. The maximum absolute atomic E-state index is 12.9. The van der Waals surface area contributed by atoms with Gasteiger partial charge in [-0.1, -0.05) is 77.8 Å². The number of aromatic nitrogens is 1. The zero-order chi connectivity index (χ0) is 36.6. The van der Waals surface area contributed by atoms with Crippen LogP contribution in [0.2, 0.25) is 10.0 Å². The molecule has 1 aromatic heterocycles. The van der Waals surface area contributed by atoms with E-state index in [1.54, 1.807) is 24.3 Å². The van der Waals surface area contributed by atoms with Crippen molar-refractivity contribution in [3.8, 4) is 16.9 Å². The van der Waals surface area contributed by atoms with Crippen molar-refractivity contribution in [3.05, 3.63) is 123 Å². The number of pyridine rings is 1. The molecule has 11 nitrogen and oxygen atoms in total. The highest BCUT2D eigenvalue weighted by Gasteiger charge is 2.24. The van der Waals surface area contributed by atoms with Crippen LogP contribution in [0.5, 0.6) is 5.75 Å². The second kappa shape index (κ2) is 17.1. The number of aromatic hydroxyl groups is 1. The Labute approximate surface area is 310 Å². The zero-order valence-electron chi connectivity index (χ0n) is 28.2. The minimum atomic E-state index is -0.926. The zero-order valence-corrected chi connectivity index (χ0v) is 29.7. The van der Waals surface area contributed by atoms with Crippen molar-refractivity contribution in [2.75, 3.05) is 36.8 Å². The van der Waals surface area contributed by atoms with E-state index in [4.69, 9.17) is 27.9 Å². The van der Waals surface area contributed by atoms with Crippen molar-refractivity contribution in [3.63, 3.8) is 0 Å². The molecular formula is C39H39Cl2N5O6. The molecule has 1 fully saturated rings. The highest BCUT2D eigenvalue weighted by molar-refractivity contribution is 6.39. The number of halogens is 2. The molecule has 1 aliphatic heterocycles. The van der Waals surface area contributed by atoms with E-state index in [1.807, 2.05) is 54.6 Å². The third kappa shape index (κ3) is 9.30. The second-order valence-corrected chi connectivity index (χ2v) is 13.5. The fourth-order valence-corrected chi connectivity index (χ4v) is 6.95. The van der Waals surface area contributed by atoms with Crippen LogP contribution in [0.15, 0.2) is 95.8 Å². The summed E-state index contributed by atoms with van der Waals surface area (Å²) in [6.45, 7) is 2.41. The molecule has 52 heavy (non-hydrogen) atoms. The third-order valence-electron chi connectivity index (χ3n) is 9.01. The van der Waals surface area contributed by atoms with E-state index < -0.39 is 12.2 Å². The van der Waals surface area contributed by atoms with Crippen LogP contribution in [0.25, 0.3) is 22.0 Å². The van der Waals surface area contributed by atoms with E-state index in [0.717, 1.165) is 16.7 Å². The third-order valence-corrected chi connectivity index (χ3v) is 9.61. The summed E-state index contributed by atoms with van der Waals surface area (Å²) in [5.74, 6) is -0.307. The van der Waals surface area contributed by atoms with Gasteiger partial charge in [-0.2, -0.15) is 0 Å². The summed E-state index contributed by atoms with van der Waals surface area (Å²) in [4.78, 5) is 42.1. The first kappa shape index (κ1) is 36.9. The van der Waals surface area contributed by atoms with Crippen molar-refractivity contribution < 1.29 is 24.5 Å². The maximum atomic E-state index is 12.9. The number of carbonyl (C=O) groups is 2. The number of aliphatic hydroxyl groups is 1. The number of phenols is 1. The summed E-state index contributed by atoms with van der Waals surface area (Å²) in [6.07, 6.45) is -0.0859. The van der Waals surface area contributed by atoms with Crippen LogP contribution in [0, 0.1) is 0 Å². The number of hydrogen-bond acceptors (Lipinski definition) is 8. The summed E-state index contributed by atoms with van der Waals surface area (Å²) < 4.78 is 5.73. The van der Waals surface area contributed by atoms with Crippen LogP contribution < -0.4 is 21.5 Å². The Bertz CT molecular complexity index is 2080. The van der Waals surface area contributed by atoms with E-state index in [9.17, 15) is 24.6 Å². The van der Waals surface area contributed by atoms with Crippen molar-refractivity contribution in [1.29, 1.82) is 0 Å². The number of likely N-dealkylation sites (tertiary alicyclic amines) is 1. The first-order chi connectivity index (χ1) is 25.1. The first-order valence-corrected chi connectivity index (χ1v) is 17.8. The lowest BCUT2D eigenvalue weighted by Gasteiger charge is -2.31. The van der Waals surface area contributed by atoms with E-state index >= 15 is 0 Å². The largest absolute Gasteiger partial charge is 0.506 e. The summed E-state index contributed by atoms with van der Waals surface area (Å²) in [5, 5.41) is 30.9. The molecule has 0 aliphatic carbocycles. The summed E-state index contributed by atoms with van der Waals surface area (Å²) in [6, 6.07) is 26.8. The Morgan fingerprint density at radius 3 is 2.38 bits per heavy atom. The van der Waals surface area contributed by atoms with Gasteiger partial charge in [-0.3, -0.25) is 14.9 Å². The molecule has 2 heterocycles. The number of aromatic amines is 1. The molecule has 1 unspecified atom stereocenters. The molecule has 1 atom stereocenters. The molecule has 5 aromatic rings. The molecule has 270 valence electrons. The summed E-state index contributed by atoms with van der Waals surface area (Å²) >= 11 is 13.0. The van der Waals surface area contributed by atoms with Gasteiger partial charge in [0.2, 0.25) is 11.5 Å². The van der Waals surface area contributed by atoms with Crippen LogP contribution in [-0.4, -0.2) is 64.4 Å². The monoisotopic (exact) mass is 743 g/mol. The van der Waals surface area contributed by atoms with Crippen molar-refractivity contribution in [1.82, 2.24) is 15.2 Å². The van der Waals surface area contributed by atoms with Crippen molar-refractivity contribution in [2.45, 2.75) is 38.0 Å². The minimum Gasteiger partial charge on any atom is -0.506 e. The van der Waals surface area contributed by atoms with Gasteiger partial charge < -0.3 is 35.5 Å². The van der Waals surface area contributed by atoms with Gasteiger partial charge >= 0.3 is 6.09 Å². The number of benzene rings is 4. The van der Waals surface area contributed by atoms with Crippen molar-refractivity contribution >= 4 is 57.5 Å². The second-order valence-electron chi connectivity index (χ2n) is 12.6. The van der Waals surface area contributed by atoms with Gasteiger partial charge in [0, 0.05) is 56.2 Å². The Kier molecular flexibility index (Phi) is 12.1. The molecule has 13 heteroatoms. The number of anilines is 2. The average Bonchev–Trinajstić information content (AvgIpc) is 3.13. The van der Waals surface area contributed by atoms with E-state index in [-0.39, 0.29) is 51.8 Å². The van der Waals surface area contributed by atoms with Crippen LogP contribution in [0.1, 0.15) is 36.5 Å². The van der Waals surface area contributed by atoms with Crippen LogP contribution in [-0.2, 0) is 16.1 Å². The lowest BCUT2D eigenvalue weighted by Crippen LogP contribution is -2.39. The van der Waals surface area contributed by atoms with Crippen LogP contribution in [0.3, 0.4) is 0 Å². The van der Waals surface area contributed by atoms with Crippen molar-refractivity contribution in [2.24, 2.45) is 0 Å².